The highest BCUT2D eigenvalue weighted by molar-refractivity contribution is 5.93. The predicted octanol–water partition coefficient (Wildman–Crippen LogP) is 5.35. The molecule has 3 unspecified atom stereocenters. The Bertz CT molecular complexity index is 1300. The number of hydrogen-bond donors (Lipinski definition) is 2. The average molecular weight is 462 g/mol. The van der Waals surface area contributed by atoms with Crippen LogP contribution >= 0.6 is 0 Å². The summed E-state index contributed by atoms with van der Waals surface area (Å²) in [7, 11) is 0. The van der Waals surface area contributed by atoms with Crippen molar-refractivity contribution in [2.24, 2.45) is 5.92 Å². The first kappa shape index (κ1) is 21.4. The molecule has 0 bridgehead atoms. The number of fused-ring (bicyclic) bond motifs is 4. The standard InChI is InChI=1S/C27H28FN3O3/c1-15-18-11-19(18)20-12-22-21(13-23(20)34-25(15)28)29-26(31(22)17-9-6-10-17)30-24(32)14-27(2,33)16-7-4-3-5-8-16/h3-5,7-8,12-13,17-19,25,33H,1,6,9-11,14H2,2H3,(H,29,30,32)/t18?,19?,25?,27-/m0/s1. The van der Waals surface area contributed by atoms with E-state index in [1.54, 1.807) is 13.0 Å². The SMILES string of the molecule is C=C1C(F)Oc2cc3nc(NC(=O)C[C@](C)(O)c4ccccc4)n(C4CCC4)c3cc2C2CC12. The van der Waals surface area contributed by atoms with Crippen LogP contribution < -0.4 is 10.1 Å². The van der Waals surface area contributed by atoms with Crippen molar-refractivity contribution in [2.45, 2.75) is 62.9 Å². The molecule has 0 saturated heterocycles. The highest BCUT2D eigenvalue weighted by atomic mass is 19.1. The van der Waals surface area contributed by atoms with Crippen molar-refractivity contribution in [3.63, 3.8) is 0 Å². The molecular weight excluding hydrogens is 433 g/mol. The molecule has 6 rings (SSSR count). The number of carbonyl (C=O) groups excluding carboxylic acids is 1. The van der Waals surface area contributed by atoms with Gasteiger partial charge in [0, 0.05) is 17.7 Å². The summed E-state index contributed by atoms with van der Waals surface area (Å²) in [5.41, 5.74) is 2.46. The Balaban J connectivity index is 1.34. The quantitative estimate of drug-likeness (QED) is 0.503. The first-order valence-electron chi connectivity index (χ1n) is 11.9. The second kappa shape index (κ2) is 7.67. The Kier molecular flexibility index (Phi) is 4.81. The number of halogens is 1. The van der Waals surface area contributed by atoms with Gasteiger partial charge in [0.25, 0.3) is 6.36 Å². The highest BCUT2D eigenvalue weighted by Crippen LogP contribution is 2.57. The molecule has 3 aliphatic rings. The summed E-state index contributed by atoms with van der Waals surface area (Å²) < 4.78 is 22.2. The van der Waals surface area contributed by atoms with E-state index in [0.717, 1.165) is 36.8 Å². The summed E-state index contributed by atoms with van der Waals surface area (Å²) >= 11 is 0. The fraction of sp³-hybridized carbons (Fsp3) is 0.407. The van der Waals surface area contributed by atoms with E-state index >= 15 is 0 Å². The van der Waals surface area contributed by atoms with E-state index in [1.165, 1.54) is 0 Å². The summed E-state index contributed by atoms with van der Waals surface area (Å²) in [6.07, 6.45) is 2.43. The molecule has 0 radical (unpaired) electrons. The number of benzene rings is 2. The zero-order valence-electron chi connectivity index (χ0n) is 19.1. The number of aliphatic hydroxyl groups is 1. The molecule has 2 aromatic carbocycles. The molecule has 34 heavy (non-hydrogen) atoms. The Morgan fingerprint density at radius 3 is 2.76 bits per heavy atom. The van der Waals surface area contributed by atoms with Gasteiger partial charge in [0.1, 0.15) is 5.75 Å². The van der Waals surface area contributed by atoms with Crippen molar-refractivity contribution in [3.05, 3.63) is 65.7 Å². The second-order valence-corrected chi connectivity index (χ2v) is 10.1. The Morgan fingerprint density at radius 2 is 2.06 bits per heavy atom. The molecule has 4 atom stereocenters. The maximum absolute atomic E-state index is 14.5. The summed E-state index contributed by atoms with van der Waals surface area (Å²) in [6.45, 7) is 5.53. The van der Waals surface area contributed by atoms with Crippen LogP contribution in [0.15, 0.2) is 54.6 Å². The largest absolute Gasteiger partial charge is 0.456 e. The van der Waals surface area contributed by atoms with Gasteiger partial charge in [-0.3, -0.25) is 10.1 Å². The van der Waals surface area contributed by atoms with Crippen LogP contribution in [0.3, 0.4) is 0 Å². The third-order valence-corrected chi connectivity index (χ3v) is 7.60. The van der Waals surface area contributed by atoms with Gasteiger partial charge in [-0.2, -0.15) is 4.39 Å². The number of hydrogen-bond acceptors (Lipinski definition) is 4. The van der Waals surface area contributed by atoms with Gasteiger partial charge in [-0.25, -0.2) is 4.98 Å². The maximum Gasteiger partial charge on any atom is 0.260 e. The van der Waals surface area contributed by atoms with Gasteiger partial charge < -0.3 is 14.4 Å². The number of nitrogens with one attached hydrogen (secondary N) is 1. The molecule has 2 fully saturated rings. The number of ether oxygens (including phenoxy) is 1. The minimum absolute atomic E-state index is 0.0973. The van der Waals surface area contributed by atoms with Crippen molar-refractivity contribution in [3.8, 4) is 5.75 Å². The summed E-state index contributed by atoms with van der Waals surface area (Å²) in [5, 5.41) is 13.9. The molecule has 1 amide bonds. The van der Waals surface area contributed by atoms with Gasteiger partial charge in [0.05, 0.1) is 23.1 Å². The van der Waals surface area contributed by atoms with Gasteiger partial charge in [0.15, 0.2) is 0 Å². The number of aromatic nitrogens is 2. The molecule has 2 aliphatic carbocycles. The molecule has 1 aliphatic heterocycles. The van der Waals surface area contributed by atoms with Crippen molar-refractivity contribution in [1.29, 1.82) is 0 Å². The van der Waals surface area contributed by atoms with Crippen molar-refractivity contribution >= 4 is 22.9 Å². The Labute approximate surface area is 197 Å². The van der Waals surface area contributed by atoms with Crippen LogP contribution in [0.1, 0.15) is 62.1 Å². The van der Waals surface area contributed by atoms with Crippen molar-refractivity contribution in [2.75, 3.05) is 5.32 Å². The van der Waals surface area contributed by atoms with Crippen LogP contribution in [0.2, 0.25) is 0 Å². The van der Waals surface area contributed by atoms with Gasteiger partial charge in [-0.1, -0.05) is 36.9 Å². The smallest absolute Gasteiger partial charge is 0.260 e. The number of nitrogens with zero attached hydrogens (tertiary/aromatic N) is 2. The molecule has 2 saturated carbocycles. The molecule has 176 valence electrons. The van der Waals surface area contributed by atoms with Crippen LogP contribution in [-0.4, -0.2) is 26.9 Å². The fourth-order valence-electron chi connectivity index (χ4n) is 5.32. The lowest BCUT2D eigenvalue weighted by Crippen LogP contribution is -2.30. The molecule has 2 heterocycles. The third-order valence-electron chi connectivity index (χ3n) is 7.60. The van der Waals surface area contributed by atoms with Gasteiger partial charge in [-0.05, 0) is 61.6 Å². The summed E-state index contributed by atoms with van der Waals surface area (Å²) in [6, 6.07) is 13.3. The van der Waals surface area contributed by atoms with E-state index in [0.29, 0.717) is 28.4 Å². The predicted molar refractivity (Wildman–Crippen MR) is 127 cm³/mol. The number of imidazole rings is 1. The van der Waals surface area contributed by atoms with Gasteiger partial charge in [-0.15, -0.1) is 0 Å². The van der Waals surface area contributed by atoms with Crippen molar-refractivity contribution < 1.29 is 19.0 Å². The fourth-order valence-corrected chi connectivity index (χ4v) is 5.32. The molecule has 3 aromatic rings. The van der Waals surface area contributed by atoms with E-state index in [1.807, 2.05) is 30.3 Å². The molecule has 6 nitrogen and oxygen atoms in total. The maximum atomic E-state index is 14.5. The average Bonchev–Trinajstić information content (AvgIpc) is 3.50. The molecule has 7 heteroatoms. The van der Waals surface area contributed by atoms with E-state index in [4.69, 9.17) is 9.72 Å². The first-order chi connectivity index (χ1) is 16.3. The normalized spacial score (nSPS) is 25.4. The number of alkyl halides is 1. The lowest BCUT2D eigenvalue weighted by Gasteiger charge is -2.29. The van der Waals surface area contributed by atoms with Gasteiger partial charge in [0.2, 0.25) is 11.9 Å². The van der Waals surface area contributed by atoms with Crippen LogP contribution in [0.25, 0.3) is 11.0 Å². The minimum Gasteiger partial charge on any atom is -0.456 e. The van der Waals surface area contributed by atoms with Crippen LogP contribution in [0, 0.1) is 5.92 Å². The lowest BCUT2D eigenvalue weighted by molar-refractivity contribution is -0.120. The second-order valence-electron chi connectivity index (χ2n) is 10.1. The number of anilines is 1. The third kappa shape index (κ3) is 3.50. The first-order valence-corrected chi connectivity index (χ1v) is 11.9. The topological polar surface area (TPSA) is 76.4 Å². The van der Waals surface area contributed by atoms with Gasteiger partial charge >= 0.3 is 0 Å². The van der Waals surface area contributed by atoms with Crippen LogP contribution in [-0.2, 0) is 10.4 Å². The van der Waals surface area contributed by atoms with Crippen molar-refractivity contribution in [1.82, 2.24) is 9.55 Å². The number of carbonyl (C=O) groups is 1. The molecule has 1 aromatic heterocycles. The van der Waals surface area contributed by atoms with E-state index in [2.05, 4.69) is 22.5 Å². The minimum atomic E-state index is -1.51. The van der Waals surface area contributed by atoms with E-state index in [-0.39, 0.29) is 30.2 Å². The highest BCUT2D eigenvalue weighted by Gasteiger charge is 2.47. The zero-order chi connectivity index (χ0) is 23.6. The summed E-state index contributed by atoms with van der Waals surface area (Å²) in [5.74, 6) is 0.992. The summed E-state index contributed by atoms with van der Waals surface area (Å²) in [4.78, 5) is 17.7. The van der Waals surface area contributed by atoms with E-state index in [9.17, 15) is 14.3 Å². The molecule has 0 spiro atoms. The lowest BCUT2D eigenvalue weighted by atomic mass is 9.92. The molecular formula is C27H28FN3O3. The zero-order valence-corrected chi connectivity index (χ0v) is 19.1. The van der Waals surface area contributed by atoms with E-state index < -0.39 is 12.0 Å². The van der Waals surface area contributed by atoms with Crippen LogP contribution in [0.4, 0.5) is 10.3 Å². The number of rotatable bonds is 5. The van der Waals surface area contributed by atoms with Crippen LogP contribution in [0.5, 0.6) is 5.75 Å². The monoisotopic (exact) mass is 461 g/mol. The molecule has 2 N–H and O–H groups in total. The number of amides is 1. The Hall–Kier alpha value is -3.19. The Morgan fingerprint density at radius 1 is 1.29 bits per heavy atom.